The normalized spacial score (nSPS) is 13.9. The van der Waals surface area contributed by atoms with Gasteiger partial charge in [-0.1, -0.05) is 36.8 Å². The number of carbonyl (C=O) groups excluding carboxylic acids is 2. The second kappa shape index (κ2) is 10.9. The summed E-state index contributed by atoms with van der Waals surface area (Å²) in [5, 5.41) is 0. The van der Waals surface area contributed by atoms with Gasteiger partial charge in [-0.25, -0.2) is 0 Å². The number of Topliss-reactive ketones (excluding diaryl/α,β-unsaturated/α-hetero) is 1. The summed E-state index contributed by atoms with van der Waals surface area (Å²) in [5.41, 5.74) is 5.31. The Bertz CT molecular complexity index is 896. The highest BCUT2D eigenvalue weighted by atomic mass is 32.2. The summed E-state index contributed by atoms with van der Waals surface area (Å²) in [7, 11) is 3.02. The number of benzene rings is 2. The molecule has 0 radical (unpaired) electrons. The van der Waals surface area contributed by atoms with Crippen LogP contribution in [-0.2, 0) is 20.1 Å². The Morgan fingerprint density at radius 2 is 1.61 bits per heavy atom. The fraction of sp³-hybridized carbons (Fsp3) is 0.462. The predicted molar refractivity (Wildman–Crippen MR) is 128 cm³/mol. The highest BCUT2D eigenvalue weighted by Gasteiger charge is 2.39. The monoisotopic (exact) mass is 442 g/mol. The Morgan fingerprint density at radius 3 is 2.10 bits per heavy atom. The first kappa shape index (κ1) is 25.0. The molecule has 0 aliphatic heterocycles. The Balaban J connectivity index is 2.36. The first-order valence-corrected chi connectivity index (χ1v) is 11.6. The van der Waals surface area contributed by atoms with E-state index in [1.54, 1.807) is 18.9 Å². The summed E-state index contributed by atoms with van der Waals surface area (Å²) in [6.45, 7) is 10.1. The number of carbonyl (C=O) groups is 2. The largest absolute Gasteiger partial charge is 0.497 e. The van der Waals surface area contributed by atoms with Gasteiger partial charge in [0, 0.05) is 5.75 Å². The Morgan fingerprint density at radius 1 is 1.03 bits per heavy atom. The zero-order chi connectivity index (χ0) is 23.2. The summed E-state index contributed by atoms with van der Waals surface area (Å²) in [4.78, 5) is 26.2. The molecule has 0 saturated carbocycles. The number of aryl methyl sites for hydroxylation is 3. The van der Waals surface area contributed by atoms with E-state index >= 15 is 0 Å². The van der Waals surface area contributed by atoms with Gasteiger partial charge < -0.3 is 9.47 Å². The van der Waals surface area contributed by atoms with E-state index in [0.717, 1.165) is 33.6 Å². The summed E-state index contributed by atoms with van der Waals surface area (Å²) in [6, 6.07) is 12.1. The van der Waals surface area contributed by atoms with Gasteiger partial charge in [0.2, 0.25) is 0 Å². The second-order valence-electron chi connectivity index (χ2n) is 8.23. The SMILES string of the molecule is CCC(C)(SCc1ccc(OC)cc1)C(=O)C(CC(=O)OC)c1c(C)cc(C)cc1C. The smallest absolute Gasteiger partial charge is 0.306 e. The van der Waals surface area contributed by atoms with Gasteiger partial charge in [-0.05, 0) is 68.5 Å². The minimum atomic E-state index is -0.623. The molecule has 2 rings (SSSR count). The van der Waals surface area contributed by atoms with Crippen LogP contribution in [0.2, 0.25) is 0 Å². The number of hydrogen-bond acceptors (Lipinski definition) is 5. The number of ketones is 1. The molecule has 0 fully saturated rings. The Kier molecular flexibility index (Phi) is 8.75. The van der Waals surface area contributed by atoms with E-state index in [1.165, 1.54) is 7.11 Å². The van der Waals surface area contributed by atoms with Crippen molar-refractivity contribution in [1.29, 1.82) is 0 Å². The highest BCUT2D eigenvalue weighted by Crippen LogP contribution is 2.40. The molecule has 0 heterocycles. The van der Waals surface area contributed by atoms with E-state index in [0.29, 0.717) is 12.2 Å². The molecule has 2 unspecified atom stereocenters. The number of methoxy groups -OCH3 is 2. The molecular formula is C26H34O4S. The molecule has 0 aliphatic rings. The van der Waals surface area contributed by atoms with Crippen LogP contribution in [0.3, 0.4) is 0 Å². The molecule has 168 valence electrons. The van der Waals surface area contributed by atoms with Crippen LogP contribution < -0.4 is 4.74 Å². The molecular weight excluding hydrogens is 408 g/mol. The van der Waals surface area contributed by atoms with Gasteiger partial charge in [0.15, 0.2) is 5.78 Å². The van der Waals surface area contributed by atoms with Crippen LogP contribution in [0.5, 0.6) is 5.75 Å². The molecule has 31 heavy (non-hydrogen) atoms. The van der Waals surface area contributed by atoms with E-state index in [-0.39, 0.29) is 18.2 Å². The van der Waals surface area contributed by atoms with Crippen LogP contribution in [0.4, 0.5) is 0 Å². The van der Waals surface area contributed by atoms with E-state index in [2.05, 4.69) is 12.1 Å². The van der Waals surface area contributed by atoms with Crippen LogP contribution >= 0.6 is 11.8 Å². The first-order valence-electron chi connectivity index (χ1n) is 10.6. The summed E-state index contributed by atoms with van der Waals surface area (Å²) >= 11 is 1.63. The van der Waals surface area contributed by atoms with Crippen molar-refractivity contribution >= 4 is 23.5 Å². The maximum Gasteiger partial charge on any atom is 0.306 e. The lowest BCUT2D eigenvalue weighted by Gasteiger charge is -2.32. The minimum Gasteiger partial charge on any atom is -0.497 e. The van der Waals surface area contributed by atoms with E-state index < -0.39 is 10.7 Å². The number of rotatable bonds is 10. The minimum absolute atomic E-state index is 0.0543. The van der Waals surface area contributed by atoms with Crippen molar-refractivity contribution in [2.75, 3.05) is 14.2 Å². The Labute approximate surface area is 190 Å². The molecule has 0 aromatic heterocycles. The van der Waals surface area contributed by atoms with Gasteiger partial charge in [-0.15, -0.1) is 11.8 Å². The third-order valence-corrected chi connectivity index (χ3v) is 7.52. The average Bonchev–Trinajstić information content (AvgIpc) is 2.75. The molecule has 0 N–H and O–H groups in total. The van der Waals surface area contributed by atoms with Crippen molar-refractivity contribution in [3.05, 3.63) is 64.2 Å². The van der Waals surface area contributed by atoms with Crippen molar-refractivity contribution in [2.45, 2.75) is 63.9 Å². The standard InChI is InChI=1S/C26H34O4S/c1-8-26(5,31-16-20-9-11-21(29-6)12-10-20)25(28)22(15-23(27)30-7)24-18(3)13-17(2)14-19(24)4/h9-14,22H,8,15-16H2,1-7H3. The summed E-state index contributed by atoms with van der Waals surface area (Å²) in [5.74, 6) is 0.704. The highest BCUT2D eigenvalue weighted by molar-refractivity contribution is 8.00. The molecule has 2 atom stereocenters. The molecule has 0 aliphatic carbocycles. The van der Waals surface area contributed by atoms with E-state index in [4.69, 9.17) is 9.47 Å². The van der Waals surface area contributed by atoms with Crippen LogP contribution in [-0.4, -0.2) is 30.7 Å². The number of hydrogen-bond donors (Lipinski definition) is 0. The van der Waals surface area contributed by atoms with Crippen LogP contribution in [0.1, 0.15) is 60.4 Å². The lowest BCUT2D eigenvalue weighted by molar-refractivity contribution is -0.142. The zero-order valence-electron chi connectivity index (χ0n) is 19.7. The van der Waals surface area contributed by atoms with Crippen LogP contribution in [0.25, 0.3) is 0 Å². The third-order valence-electron chi connectivity index (χ3n) is 5.91. The molecule has 0 bridgehead atoms. The zero-order valence-corrected chi connectivity index (χ0v) is 20.5. The third kappa shape index (κ3) is 6.13. The van der Waals surface area contributed by atoms with Crippen molar-refractivity contribution in [2.24, 2.45) is 0 Å². The predicted octanol–water partition coefficient (Wildman–Crippen LogP) is 5.94. The maximum atomic E-state index is 13.9. The van der Waals surface area contributed by atoms with Gasteiger partial charge in [-0.3, -0.25) is 9.59 Å². The fourth-order valence-electron chi connectivity index (χ4n) is 4.00. The molecule has 0 spiro atoms. The number of esters is 1. The van der Waals surface area contributed by atoms with Gasteiger partial charge in [0.1, 0.15) is 5.75 Å². The summed E-state index contributed by atoms with van der Waals surface area (Å²) < 4.78 is 9.55. The lowest BCUT2D eigenvalue weighted by atomic mass is 9.80. The Hall–Kier alpha value is -2.27. The average molecular weight is 443 g/mol. The molecule has 2 aromatic rings. The molecule has 5 heteroatoms. The van der Waals surface area contributed by atoms with Gasteiger partial charge in [0.05, 0.1) is 31.3 Å². The van der Waals surface area contributed by atoms with Gasteiger partial charge in [0.25, 0.3) is 0 Å². The van der Waals surface area contributed by atoms with Crippen molar-refractivity contribution in [3.63, 3.8) is 0 Å². The quantitative estimate of drug-likeness (QED) is 0.426. The van der Waals surface area contributed by atoms with Gasteiger partial charge in [-0.2, -0.15) is 0 Å². The van der Waals surface area contributed by atoms with Crippen LogP contribution in [0, 0.1) is 20.8 Å². The number of ether oxygens (including phenoxy) is 2. The second-order valence-corrected chi connectivity index (χ2v) is 9.71. The van der Waals surface area contributed by atoms with Crippen molar-refractivity contribution in [3.8, 4) is 5.75 Å². The summed E-state index contributed by atoms with van der Waals surface area (Å²) in [6.07, 6.45) is 0.729. The van der Waals surface area contributed by atoms with E-state index in [1.807, 2.05) is 58.9 Å². The van der Waals surface area contributed by atoms with Crippen molar-refractivity contribution < 1.29 is 19.1 Å². The lowest BCUT2D eigenvalue weighted by Crippen LogP contribution is -2.37. The molecule has 2 aromatic carbocycles. The molecule has 4 nitrogen and oxygen atoms in total. The number of thioether (sulfide) groups is 1. The van der Waals surface area contributed by atoms with Crippen molar-refractivity contribution in [1.82, 2.24) is 0 Å². The topological polar surface area (TPSA) is 52.6 Å². The fourth-order valence-corrected chi connectivity index (χ4v) is 5.16. The maximum absolute atomic E-state index is 13.9. The van der Waals surface area contributed by atoms with Gasteiger partial charge >= 0.3 is 5.97 Å². The first-order chi connectivity index (χ1) is 14.6. The van der Waals surface area contributed by atoms with E-state index in [9.17, 15) is 9.59 Å². The molecule has 0 amide bonds. The van der Waals surface area contributed by atoms with Crippen LogP contribution in [0.15, 0.2) is 36.4 Å². The molecule has 0 saturated heterocycles.